The van der Waals surface area contributed by atoms with Crippen LogP contribution >= 0.6 is 0 Å². The number of carbonyl (C=O) groups excluding carboxylic acids is 1. The number of anilines is 2. The highest BCUT2D eigenvalue weighted by Gasteiger charge is 2.47. The van der Waals surface area contributed by atoms with Crippen LogP contribution in [0.15, 0.2) is 18.2 Å². The smallest absolute Gasteiger partial charge is 0.227 e. The van der Waals surface area contributed by atoms with Crippen molar-refractivity contribution in [3.63, 3.8) is 0 Å². The fourth-order valence-corrected chi connectivity index (χ4v) is 3.60. The van der Waals surface area contributed by atoms with E-state index in [4.69, 9.17) is 10.5 Å². The first-order chi connectivity index (χ1) is 10.2. The van der Waals surface area contributed by atoms with Crippen molar-refractivity contribution in [2.75, 3.05) is 18.2 Å². The molecule has 2 aliphatic rings. The summed E-state index contributed by atoms with van der Waals surface area (Å²) in [6.07, 6.45) is 7.67. The van der Waals surface area contributed by atoms with Crippen LogP contribution in [-0.4, -0.2) is 13.0 Å². The molecular formula is C17H24N2O2. The molecule has 0 spiro atoms. The van der Waals surface area contributed by atoms with E-state index in [2.05, 4.69) is 5.32 Å². The molecule has 21 heavy (non-hydrogen) atoms. The number of amides is 1. The van der Waals surface area contributed by atoms with Crippen molar-refractivity contribution in [1.29, 1.82) is 0 Å². The van der Waals surface area contributed by atoms with Crippen molar-refractivity contribution in [3.8, 4) is 5.75 Å². The van der Waals surface area contributed by atoms with Gasteiger partial charge in [0.2, 0.25) is 5.91 Å². The van der Waals surface area contributed by atoms with Gasteiger partial charge in [-0.05, 0) is 30.4 Å². The molecule has 1 aromatic rings. The predicted octanol–water partition coefficient (Wildman–Crippen LogP) is 3.43. The lowest BCUT2D eigenvalue weighted by molar-refractivity contribution is -0.117. The zero-order chi connectivity index (χ0) is 14.8. The maximum absolute atomic E-state index is 12.4. The fraction of sp³-hybridized carbons (Fsp3) is 0.588. The number of hydrogen-bond acceptors (Lipinski definition) is 3. The molecule has 3 N–H and O–H groups in total. The summed E-state index contributed by atoms with van der Waals surface area (Å²) in [4.78, 5) is 12.4. The van der Waals surface area contributed by atoms with Crippen LogP contribution in [-0.2, 0) is 4.79 Å². The van der Waals surface area contributed by atoms with Crippen molar-refractivity contribution >= 4 is 17.3 Å². The Kier molecular flexibility index (Phi) is 4.04. The van der Waals surface area contributed by atoms with Crippen LogP contribution in [0.25, 0.3) is 0 Å². The van der Waals surface area contributed by atoms with Crippen molar-refractivity contribution in [1.82, 2.24) is 0 Å². The van der Waals surface area contributed by atoms with Gasteiger partial charge in [-0.2, -0.15) is 0 Å². The van der Waals surface area contributed by atoms with Crippen molar-refractivity contribution in [2.24, 2.45) is 17.8 Å². The lowest BCUT2D eigenvalue weighted by Crippen LogP contribution is -2.18. The number of methoxy groups -OCH3 is 1. The lowest BCUT2D eigenvalue weighted by Gasteiger charge is -2.21. The molecule has 2 atom stereocenters. The van der Waals surface area contributed by atoms with Crippen LogP contribution in [0.2, 0.25) is 0 Å². The zero-order valence-electron chi connectivity index (χ0n) is 12.6. The topological polar surface area (TPSA) is 64.3 Å². The molecule has 1 amide bonds. The zero-order valence-corrected chi connectivity index (χ0v) is 12.6. The van der Waals surface area contributed by atoms with E-state index in [1.54, 1.807) is 25.3 Å². The summed E-state index contributed by atoms with van der Waals surface area (Å²) in [7, 11) is 1.61. The highest BCUT2D eigenvalue weighted by molar-refractivity contribution is 5.97. The van der Waals surface area contributed by atoms with Gasteiger partial charge in [0, 0.05) is 12.0 Å². The Balaban J connectivity index is 1.60. The largest absolute Gasteiger partial charge is 0.497 e. The van der Waals surface area contributed by atoms with Crippen molar-refractivity contribution in [2.45, 2.75) is 38.5 Å². The van der Waals surface area contributed by atoms with Crippen LogP contribution in [0, 0.1) is 17.8 Å². The van der Waals surface area contributed by atoms with E-state index in [0.717, 1.165) is 12.3 Å². The quantitative estimate of drug-likeness (QED) is 0.834. The third-order valence-electron chi connectivity index (χ3n) is 4.95. The van der Waals surface area contributed by atoms with Gasteiger partial charge in [-0.25, -0.2) is 0 Å². The van der Waals surface area contributed by atoms with Crippen LogP contribution in [0.1, 0.15) is 38.5 Å². The Morgan fingerprint density at radius 2 is 2.05 bits per heavy atom. The molecular weight excluding hydrogens is 264 g/mol. The van der Waals surface area contributed by atoms with Gasteiger partial charge in [-0.1, -0.05) is 32.1 Å². The van der Waals surface area contributed by atoms with Gasteiger partial charge in [0.25, 0.3) is 0 Å². The molecule has 4 nitrogen and oxygen atoms in total. The summed E-state index contributed by atoms with van der Waals surface area (Å²) < 4.78 is 5.18. The van der Waals surface area contributed by atoms with E-state index in [0.29, 0.717) is 23.0 Å². The van der Waals surface area contributed by atoms with Crippen molar-refractivity contribution < 1.29 is 9.53 Å². The average Bonchev–Trinajstić information content (AvgIpc) is 3.31. The Hall–Kier alpha value is -1.71. The Morgan fingerprint density at radius 3 is 2.76 bits per heavy atom. The van der Waals surface area contributed by atoms with Gasteiger partial charge in [-0.15, -0.1) is 0 Å². The third kappa shape index (κ3) is 3.14. The normalized spacial score (nSPS) is 25.4. The molecule has 2 saturated carbocycles. The van der Waals surface area contributed by atoms with Gasteiger partial charge in [0.1, 0.15) is 5.75 Å². The minimum atomic E-state index is 0.116. The molecule has 0 aromatic heterocycles. The molecule has 1 aromatic carbocycles. The Labute approximate surface area is 126 Å². The summed E-state index contributed by atoms with van der Waals surface area (Å²) in [5, 5.41) is 2.97. The van der Waals surface area contributed by atoms with E-state index in [1.165, 1.54) is 32.1 Å². The summed E-state index contributed by atoms with van der Waals surface area (Å²) in [5.41, 5.74) is 7.16. The second-order valence-electron chi connectivity index (χ2n) is 6.35. The van der Waals surface area contributed by atoms with Crippen LogP contribution < -0.4 is 15.8 Å². The minimum Gasteiger partial charge on any atom is -0.497 e. The summed E-state index contributed by atoms with van der Waals surface area (Å²) >= 11 is 0. The summed E-state index contributed by atoms with van der Waals surface area (Å²) in [5.74, 6) is 2.36. The Morgan fingerprint density at radius 1 is 1.29 bits per heavy atom. The monoisotopic (exact) mass is 288 g/mol. The number of nitrogens with two attached hydrogens (primary N) is 1. The van der Waals surface area contributed by atoms with Gasteiger partial charge < -0.3 is 15.8 Å². The van der Waals surface area contributed by atoms with E-state index in [-0.39, 0.29) is 11.8 Å². The number of nitrogen functional groups attached to an aromatic ring is 1. The molecule has 0 heterocycles. The number of rotatable bonds is 4. The molecule has 114 valence electrons. The maximum atomic E-state index is 12.4. The Bertz CT molecular complexity index is 524. The molecule has 3 rings (SSSR count). The number of ether oxygens (including phenoxy) is 1. The molecule has 2 fully saturated rings. The van der Waals surface area contributed by atoms with Gasteiger partial charge in [0.05, 0.1) is 18.5 Å². The first-order valence-corrected chi connectivity index (χ1v) is 7.93. The van der Waals surface area contributed by atoms with E-state index < -0.39 is 0 Å². The second kappa shape index (κ2) is 5.96. The first-order valence-electron chi connectivity index (χ1n) is 7.93. The fourth-order valence-electron chi connectivity index (χ4n) is 3.60. The highest BCUT2D eigenvalue weighted by atomic mass is 16.5. The number of hydrogen-bond donors (Lipinski definition) is 2. The molecule has 2 aliphatic carbocycles. The van der Waals surface area contributed by atoms with Crippen LogP contribution in [0.5, 0.6) is 5.75 Å². The third-order valence-corrected chi connectivity index (χ3v) is 4.95. The van der Waals surface area contributed by atoms with Crippen LogP contribution in [0.4, 0.5) is 11.4 Å². The maximum Gasteiger partial charge on any atom is 0.227 e. The molecule has 2 unspecified atom stereocenters. The molecule has 0 bridgehead atoms. The van der Waals surface area contributed by atoms with E-state index in [9.17, 15) is 4.79 Å². The summed E-state index contributed by atoms with van der Waals surface area (Å²) in [6.45, 7) is 0. The van der Waals surface area contributed by atoms with Gasteiger partial charge in [0.15, 0.2) is 0 Å². The van der Waals surface area contributed by atoms with Crippen molar-refractivity contribution in [3.05, 3.63) is 18.2 Å². The SMILES string of the molecule is COc1ccc(N)c(NC(=O)C2CC2C2CCCCC2)c1. The number of benzene rings is 1. The van der Waals surface area contributed by atoms with Gasteiger partial charge in [-0.3, -0.25) is 4.79 Å². The minimum absolute atomic E-state index is 0.116. The molecule has 0 saturated heterocycles. The average molecular weight is 288 g/mol. The van der Waals surface area contributed by atoms with E-state index >= 15 is 0 Å². The standard InChI is InChI=1S/C17H24N2O2/c1-21-12-7-8-15(18)16(9-12)19-17(20)14-10-13(14)11-5-3-2-4-6-11/h7-9,11,13-14H,2-6,10,18H2,1H3,(H,19,20). The van der Waals surface area contributed by atoms with E-state index in [1.807, 2.05) is 0 Å². The molecule has 0 radical (unpaired) electrons. The lowest BCUT2D eigenvalue weighted by atomic mass is 9.85. The second-order valence-corrected chi connectivity index (χ2v) is 6.35. The molecule has 4 heteroatoms. The van der Waals surface area contributed by atoms with Gasteiger partial charge >= 0.3 is 0 Å². The summed E-state index contributed by atoms with van der Waals surface area (Å²) in [6, 6.07) is 5.35. The van der Waals surface area contributed by atoms with Crippen LogP contribution in [0.3, 0.4) is 0 Å². The number of carbonyl (C=O) groups is 1. The molecule has 0 aliphatic heterocycles. The number of nitrogens with one attached hydrogen (secondary N) is 1. The highest BCUT2D eigenvalue weighted by Crippen LogP contribution is 2.49. The predicted molar refractivity (Wildman–Crippen MR) is 84.2 cm³/mol. The first kappa shape index (κ1) is 14.2.